The van der Waals surface area contributed by atoms with Crippen LogP contribution in [0.25, 0.3) is 0 Å². The van der Waals surface area contributed by atoms with Crippen LogP contribution in [0.2, 0.25) is 0 Å². The number of aliphatic imine (C=N–C) groups is 1. The Hall–Kier alpha value is -0.180. The van der Waals surface area contributed by atoms with Crippen LogP contribution in [-0.2, 0) is 0 Å². The van der Waals surface area contributed by atoms with Gasteiger partial charge in [0.2, 0.25) is 0 Å². The van der Waals surface area contributed by atoms with Gasteiger partial charge in [-0.3, -0.25) is 4.99 Å². The molecule has 1 aliphatic heterocycles. The highest BCUT2D eigenvalue weighted by Gasteiger charge is 2.60. The molecular formula is C18H30N2S. The van der Waals surface area contributed by atoms with E-state index in [1.165, 1.54) is 50.1 Å². The number of thioether (sulfide) groups is 1. The van der Waals surface area contributed by atoms with Crippen molar-refractivity contribution < 1.29 is 0 Å². The Balaban J connectivity index is 1.60. The minimum Gasteiger partial charge on any atom is -0.359 e. The van der Waals surface area contributed by atoms with Crippen molar-refractivity contribution in [2.45, 2.75) is 89.5 Å². The Morgan fingerprint density at radius 3 is 2.29 bits per heavy atom. The summed E-state index contributed by atoms with van der Waals surface area (Å²) in [5.41, 5.74) is 1.52. The predicted molar refractivity (Wildman–Crippen MR) is 91.8 cm³/mol. The molecule has 5 rings (SSSR count). The lowest BCUT2D eigenvalue weighted by Crippen LogP contribution is -2.65. The van der Waals surface area contributed by atoms with E-state index in [4.69, 9.17) is 4.99 Å². The topological polar surface area (TPSA) is 24.4 Å². The summed E-state index contributed by atoms with van der Waals surface area (Å²) in [7, 11) is 0. The summed E-state index contributed by atoms with van der Waals surface area (Å²) in [5, 5.41) is 5.94. The molecule has 4 saturated carbocycles. The second-order valence-electron chi connectivity index (χ2n) is 9.48. The summed E-state index contributed by atoms with van der Waals surface area (Å²) >= 11 is 1.98. The van der Waals surface area contributed by atoms with Gasteiger partial charge in [-0.1, -0.05) is 32.5 Å². The molecule has 0 spiro atoms. The largest absolute Gasteiger partial charge is 0.359 e. The predicted octanol–water partition coefficient (Wildman–Crippen LogP) is 4.59. The molecule has 1 N–H and O–H groups in total. The molecule has 5 aliphatic rings. The Morgan fingerprint density at radius 2 is 1.71 bits per heavy atom. The van der Waals surface area contributed by atoms with Crippen molar-refractivity contribution in [2.24, 2.45) is 21.7 Å². The molecule has 118 valence electrons. The molecule has 0 aromatic heterocycles. The van der Waals surface area contributed by atoms with Crippen LogP contribution in [0.3, 0.4) is 0 Å². The van der Waals surface area contributed by atoms with E-state index in [1.54, 1.807) is 0 Å². The summed E-state index contributed by atoms with van der Waals surface area (Å²) in [4.78, 5) is 4.92. The maximum absolute atomic E-state index is 4.92. The van der Waals surface area contributed by atoms with E-state index in [-0.39, 0.29) is 0 Å². The summed E-state index contributed by atoms with van der Waals surface area (Å²) in [6.07, 6.45) is 9.74. The van der Waals surface area contributed by atoms with Crippen molar-refractivity contribution >= 4 is 16.9 Å². The summed E-state index contributed by atoms with van der Waals surface area (Å²) in [6.45, 7) is 9.71. The average Bonchev–Trinajstić information content (AvgIpc) is 2.19. The molecular weight excluding hydrogens is 276 g/mol. The van der Waals surface area contributed by atoms with Crippen LogP contribution in [0.5, 0.6) is 0 Å². The van der Waals surface area contributed by atoms with Crippen LogP contribution in [0.15, 0.2) is 4.99 Å². The van der Waals surface area contributed by atoms with Gasteiger partial charge in [-0.15, -0.1) is 0 Å². The van der Waals surface area contributed by atoms with Crippen LogP contribution in [0.4, 0.5) is 0 Å². The molecule has 0 saturated heterocycles. The van der Waals surface area contributed by atoms with E-state index in [2.05, 4.69) is 33.0 Å². The van der Waals surface area contributed by atoms with E-state index in [1.807, 2.05) is 11.8 Å². The Bertz CT molecular complexity index is 468. The molecule has 0 amide bonds. The van der Waals surface area contributed by atoms with Crippen LogP contribution < -0.4 is 5.32 Å². The highest BCUT2D eigenvalue weighted by Crippen LogP contribution is 2.66. The van der Waals surface area contributed by atoms with Crippen molar-refractivity contribution in [2.75, 3.05) is 0 Å². The van der Waals surface area contributed by atoms with Gasteiger partial charge in [0, 0.05) is 10.8 Å². The van der Waals surface area contributed by atoms with Crippen molar-refractivity contribution in [1.82, 2.24) is 5.32 Å². The molecule has 4 aliphatic carbocycles. The number of amidine groups is 1. The van der Waals surface area contributed by atoms with Crippen molar-refractivity contribution in [3.63, 3.8) is 0 Å². The number of rotatable bonds is 1. The van der Waals surface area contributed by atoms with Gasteiger partial charge in [0.1, 0.15) is 0 Å². The monoisotopic (exact) mass is 306 g/mol. The Morgan fingerprint density at radius 1 is 1.05 bits per heavy atom. The second kappa shape index (κ2) is 4.43. The third kappa shape index (κ3) is 2.54. The van der Waals surface area contributed by atoms with Crippen LogP contribution in [0.1, 0.15) is 72.6 Å². The maximum Gasteiger partial charge on any atom is 0.157 e. The van der Waals surface area contributed by atoms with Crippen LogP contribution in [0, 0.1) is 16.7 Å². The molecule has 0 radical (unpaired) electrons. The standard InChI is InChI=1S/C18H30N2S/c1-12-5-13(2)21-15(19-12)20-18-8-14-6-16(3,10-18)9-17(4,7-14)11-18/h12-14H,5-11H2,1-4H3,(H,19,20). The lowest BCUT2D eigenvalue weighted by Gasteiger charge is -2.65. The van der Waals surface area contributed by atoms with E-state index in [0.717, 1.165) is 5.92 Å². The number of nitrogens with one attached hydrogen (secondary N) is 1. The van der Waals surface area contributed by atoms with E-state index < -0.39 is 0 Å². The maximum atomic E-state index is 4.92. The van der Waals surface area contributed by atoms with Gasteiger partial charge in [-0.2, -0.15) is 0 Å². The molecule has 1 heterocycles. The third-order valence-corrected chi connectivity index (χ3v) is 7.35. The lowest BCUT2D eigenvalue weighted by molar-refractivity contribution is -0.111. The van der Waals surface area contributed by atoms with E-state index >= 15 is 0 Å². The smallest absolute Gasteiger partial charge is 0.157 e. The van der Waals surface area contributed by atoms with Crippen LogP contribution >= 0.6 is 11.8 Å². The number of nitrogens with zero attached hydrogens (tertiary/aromatic N) is 1. The highest BCUT2D eigenvalue weighted by atomic mass is 32.2. The van der Waals surface area contributed by atoms with Gasteiger partial charge in [-0.05, 0) is 68.6 Å². The number of hydrogen-bond donors (Lipinski definition) is 1. The lowest BCUT2D eigenvalue weighted by atomic mass is 9.43. The molecule has 4 bridgehead atoms. The van der Waals surface area contributed by atoms with Crippen molar-refractivity contribution in [3.8, 4) is 0 Å². The molecule has 0 aromatic rings. The van der Waals surface area contributed by atoms with Gasteiger partial charge in [0.15, 0.2) is 5.17 Å². The zero-order valence-electron chi connectivity index (χ0n) is 14.0. The number of hydrogen-bond acceptors (Lipinski definition) is 3. The minimum absolute atomic E-state index is 0.353. The summed E-state index contributed by atoms with van der Waals surface area (Å²) in [5.74, 6) is 0.952. The Kier molecular flexibility index (Phi) is 3.04. The van der Waals surface area contributed by atoms with Crippen molar-refractivity contribution in [1.29, 1.82) is 0 Å². The quantitative estimate of drug-likeness (QED) is 0.766. The SMILES string of the molecule is CC1CC(C)SC(NC23CC4CC(C)(CC(C)(C4)C2)C3)=N1. The normalized spacial score (nSPS) is 55.4. The van der Waals surface area contributed by atoms with E-state index in [9.17, 15) is 0 Å². The fourth-order valence-electron chi connectivity index (χ4n) is 6.88. The zero-order valence-corrected chi connectivity index (χ0v) is 14.9. The summed E-state index contributed by atoms with van der Waals surface area (Å²) < 4.78 is 0. The van der Waals surface area contributed by atoms with Gasteiger partial charge in [0.05, 0.1) is 6.04 Å². The Labute approximate surface area is 133 Å². The van der Waals surface area contributed by atoms with Crippen molar-refractivity contribution in [3.05, 3.63) is 0 Å². The fourth-order valence-corrected chi connectivity index (χ4v) is 8.15. The third-order valence-electron chi connectivity index (χ3n) is 6.32. The van der Waals surface area contributed by atoms with Gasteiger partial charge < -0.3 is 5.32 Å². The first-order valence-electron chi connectivity index (χ1n) is 8.80. The van der Waals surface area contributed by atoms with Crippen LogP contribution in [-0.4, -0.2) is 22.0 Å². The van der Waals surface area contributed by atoms with Gasteiger partial charge in [0.25, 0.3) is 0 Å². The minimum atomic E-state index is 0.353. The fraction of sp³-hybridized carbons (Fsp3) is 0.944. The molecule has 4 unspecified atom stereocenters. The first kappa shape index (κ1) is 14.4. The molecule has 3 heteroatoms. The zero-order chi connectivity index (χ0) is 14.9. The average molecular weight is 307 g/mol. The first-order chi connectivity index (χ1) is 9.77. The molecule has 0 aromatic carbocycles. The summed E-state index contributed by atoms with van der Waals surface area (Å²) in [6, 6.07) is 0.490. The molecule has 2 nitrogen and oxygen atoms in total. The first-order valence-corrected chi connectivity index (χ1v) is 9.68. The highest BCUT2D eigenvalue weighted by molar-refractivity contribution is 8.14. The van der Waals surface area contributed by atoms with E-state index in [0.29, 0.717) is 27.7 Å². The van der Waals surface area contributed by atoms with Gasteiger partial charge >= 0.3 is 0 Å². The molecule has 21 heavy (non-hydrogen) atoms. The van der Waals surface area contributed by atoms with Gasteiger partial charge in [-0.25, -0.2) is 0 Å². The molecule has 4 atom stereocenters. The molecule has 4 fully saturated rings. The second-order valence-corrected chi connectivity index (χ2v) is 10.9.